The van der Waals surface area contributed by atoms with Crippen molar-refractivity contribution in [3.63, 3.8) is 0 Å². The molecule has 1 fully saturated rings. The van der Waals surface area contributed by atoms with Crippen LogP contribution in [0.4, 0.5) is 5.69 Å². The molecule has 2 aromatic carbocycles. The Hall–Kier alpha value is -2.09. The van der Waals surface area contributed by atoms with E-state index >= 15 is 0 Å². The highest BCUT2D eigenvalue weighted by molar-refractivity contribution is 7.92. The van der Waals surface area contributed by atoms with Crippen LogP contribution in [0.25, 0.3) is 0 Å². The Bertz CT molecular complexity index is 909. The van der Waals surface area contributed by atoms with E-state index < -0.39 is 10.0 Å². The van der Waals surface area contributed by atoms with Gasteiger partial charge in [-0.2, -0.15) is 0 Å². The van der Waals surface area contributed by atoms with Crippen molar-refractivity contribution in [2.75, 3.05) is 24.4 Å². The average molecular weight is 422 g/mol. The SMILES string of the molecule is CC(CNC(=O)c1ccc(S(=O)(=O)Nc2ccc(Cl)cc2)cc1)N1CCCC1. The first-order valence-corrected chi connectivity index (χ1v) is 11.1. The molecular weight excluding hydrogens is 398 g/mol. The Labute approximate surface area is 170 Å². The van der Waals surface area contributed by atoms with Gasteiger partial charge in [-0.1, -0.05) is 11.6 Å². The van der Waals surface area contributed by atoms with Gasteiger partial charge in [0, 0.05) is 28.9 Å². The van der Waals surface area contributed by atoms with E-state index in [2.05, 4.69) is 21.9 Å². The molecule has 150 valence electrons. The van der Waals surface area contributed by atoms with Crippen LogP contribution < -0.4 is 10.0 Å². The number of hydrogen-bond acceptors (Lipinski definition) is 4. The second-order valence-electron chi connectivity index (χ2n) is 6.94. The van der Waals surface area contributed by atoms with E-state index in [1.54, 1.807) is 24.3 Å². The molecule has 1 heterocycles. The van der Waals surface area contributed by atoms with Gasteiger partial charge in [-0.15, -0.1) is 0 Å². The molecule has 0 saturated carbocycles. The number of rotatable bonds is 7. The molecule has 1 unspecified atom stereocenters. The average Bonchev–Trinajstić information content (AvgIpc) is 3.22. The molecule has 0 radical (unpaired) electrons. The maximum atomic E-state index is 12.5. The van der Waals surface area contributed by atoms with Gasteiger partial charge in [0.1, 0.15) is 0 Å². The second-order valence-corrected chi connectivity index (χ2v) is 9.06. The smallest absolute Gasteiger partial charge is 0.261 e. The third-order valence-corrected chi connectivity index (χ3v) is 6.49. The van der Waals surface area contributed by atoms with Gasteiger partial charge in [-0.05, 0) is 81.4 Å². The van der Waals surface area contributed by atoms with Crippen LogP contribution in [0.15, 0.2) is 53.4 Å². The van der Waals surface area contributed by atoms with Crippen LogP contribution >= 0.6 is 11.6 Å². The maximum absolute atomic E-state index is 12.5. The van der Waals surface area contributed by atoms with Gasteiger partial charge in [-0.3, -0.25) is 14.4 Å². The summed E-state index contributed by atoms with van der Waals surface area (Å²) in [4.78, 5) is 14.8. The van der Waals surface area contributed by atoms with Crippen LogP contribution in [0.1, 0.15) is 30.1 Å². The molecule has 1 amide bonds. The van der Waals surface area contributed by atoms with Crippen LogP contribution in [0.3, 0.4) is 0 Å². The lowest BCUT2D eigenvalue weighted by molar-refractivity contribution is 0.0940. The van der Waals surface area contributed by atoms with Crippen LogP contribution in [0.5, 0.6) is 0 Å². The summed E-state index contributed by atoms with van der Waals surface area (Å²) in [6.07, 6.45) is 2.41. The predicted octanol–water partition coefficient (Wildman–Crippen LogP) is 3.35. The molecule has 8 heteroatoms. The number of amides is 1. The van der Waals surface area contributed by atoms with Gasteiger partial charge in [0.05, 0.1) is 4.90 Å². The maximum Gasteiger partial charge on any atom is 0.261 e. The zero-order valence-electron chi connectivity index (χ0n) is 15.7. The molecule has 1 aliphatic heterocycles. The Morgan fingerprint density at radius 2 is 1.68 bits per heavy atom. The van der Waals surface area contributed by atoms with Crippen molar-refractivity contribution >= 4 is 33.2 Å². The number of sulfonamides is 1. The topological polar surface area (TPSA) is 78.5 Å². The summed E-state index contributed by atoms with van der Waals surface area (Å²) >= 11 is 5.81. The van der Waals surface area contributed by atoms with E-state index in [9.17, 15) is 13.2 Å². The monoisotopic (exact) mass is 421 g/mol. The van der Waals surface area contributed by atoms with Gasteiger partial charge in [0.15, 0.2) is 0 Å². The Balaban J connectivity index is 1.60. The molecule has 0 aliphatic carbocycles. The standard InChI is InChI=1S/C20H24ClN3O3S/c1-15(24-12-2-3-13-24)14-22-20(25)16-4-10-19(11-5-16)28(26,27)23-18-8-6-17(21)7-9-18/h4-11,15,23H,2-3,12-14H2,1H3,(H,22,25). The van der Waals surface area contributed by atoms with Gasteiger partial charge in [0.25, 0.3) is 15.9 Å². The number of likely N-dealkylation sites (tertiary alicyclic amines) is 1. The summed E-state index contributed by atoms with van der Waals surface area (Å²) in [7, 11) is -3.74. The van der Waals surface area contributed by atoms with E-state index in [1.807, 2.05) is 0 Å². The highest BCUT2D eigenvalue weighted by Crippen LogP contribution is 2.19. The summed E-state index contributed by atoms with van der Waals surface area (Å²) in [5, 5.41) is 3.45. The quantitative estimate of drug-likeness (QED) is 0.718. The summed E-state index contributed by atoms with van der Waals surface area (Å²) in [6, 6.07) is 12.6. The van der Waals surface area contributed by atoms with Gasteiger partial charge in [-0.25, -0.2) is 8.42 Å². The number of carbonyl (C=O) groups excluding carboxylic acids is 1. The minimum atomic E-state index is -3.74. The number of anilines is 1. The highest BCUT2D eigenvalue weighted by Gasteiger charge is 2.19. The number of halogens is 1. The predicted molar refractivity (Wildman–Crippen MR) is 111 cm³/mol. The lowest BCUT2D eigenvalue weighted by atomic mass is 10.2. The van der Waals surface area contributed by atoms with Crippen molar-refractivity contribution in [2.24, 2.45) is 0 Å². The molecule has 6 nitrogen and oxygen atoms in total. The molecule has 0 spiro atoms. The lowest BCUT2D eigenvalue weighted by Crippen LogP contribution is -2.40. The third-order valence-electron chi connectivity index (χ3n) is 4.85. The lowest BCUT2D eigenvalue weighted by Gasteiger charge is -2.23. The van der Waals surface area contributed by atoms with Crippen molar-refractivity contribution in [2.45, 2.75) is 30.7 Å². The largest absolute Gasteiger partial charge is 0.350 e. The highest BCUT2D eigenvalue weighted by atomic mass is 35.5. The van der Waals surface area contributed by atoms with Gasteiger partial charge in [0.2, 0.25) is 0 Å². The van der Waals surface area contributed by atoms with Crippen molar-refractivity contribution in [3.8, 4) is 0 Å². The van der Waals surface area contributed by atoms with Crippen molar-refractivity contribution < 1.29 is 13.2 Å². The van der Waals surface area contributed by atoms with Crippen LogP contribution in [0.2, 0.25) is 5.02 Å². The van der Waals surface area contributed by atoms with E-state index in [4.69, 9.17) is 11.6 Å². The zero-order valence-corrected chi connectivity index (χ0v) is 17.3. The molecule has 1 aliphatic rings. The number of benzene rings is 2. The first-order chi connectivity index (χ1) is 13.3. The summed E-state index contributed by atoms with van der Waals surface area (Å²) in [5.74, 6) is -0.208. The number of nitrogens with one attached hydrogen (secondary N) is 2. The molecule has 1 saturated heterocycles. The van der Waals surface area contributed by atoms with Crippen LogP contribution in [-0.2, 0) is 10.0 Å². The molecule has 0 aromatic heterocycles. The fraction of sp³-hybridized carbons (Fsp3) is 0.350. The van der Waals surface area contributed by atoms with Gasteiger partial charge < -0.3 is 5.32 Å². The Morgan fingerprint density at radius 1 is 1.07 bits per heavy atom. The normalized spacial score (nSPS) is 15.9. The third kappa shape index (κ3) is 5.25. The molecule has 28 heavy (non-hydrogen) atoms. The second kappa shape index (κ2) is 8.94. The number of carbonyl (C=O) groups is 1. The minimum Gasteiger partial charge on any atom is -0.350 e. The van der Waals surface area contributed by atoms with Crippen LogP contribution in [0, 0.1) is 0 Å². The molecular formula is C20H24ClN3O3S. The minimum absolute atomic E-state index is 0.0874. The van der Waals surface area contributed by atoms with E-state index in [-0.39, 0.29) is 16.8 Å². The fourth-order valence-electron chi connectivity index (χ4n) is 3.17. The van der Waals surface area contributed by atoms with E-state index in [1.165, 1.54) is 37.1 Å². The fourth-order valence-corrected chi connectivity index (χ4v) is 4.36. The van der Waals surface area contributed by atoms with Gasteiger partial charge >= 0.3 is 0 Å². The molecule has 3 rings (SSSR count). The van der Waals surface area contributed by atoms with Crippen molar-refractivity contribution in [3.05, 3.63) is 59.1 Å². The first kappa shape index (κ1) is 20.6. The van der Waals surface area contributed by atoms with Crippen molar-refractivity contribution in [1.82, 2.24) is 10.2 Å². The first-order valence-electron chi connectivity index (χ1n) is 9.26. The number of nitrogens with zero attached hydrogens (tertiary/aromatic N) is 1. The van der Waals surface area contributed by atoms with E-state index in [0.717, 1.165) is 13.1 Å². The number of hydrogen-bond donors (Lipinski definition) is 2. The van der Waals surface area contributed by atoms with Crippen LogP contribution in [-0.4, -0.2) is 44.9 Å². The summed E-state index contributed by atoms with van der Waals surface area (Å²) in [6.45, 7) is 4.81. The Kier molecular flexibility index (Phi) is 6.59. The van der Waals surface area contributed by atoms with Crippen molar-refractivity contribution in [1.29, 1.82) is 0 Å². The summed E-state index contributed by atoms with van der Waals surface area (Å²) in [5.41, 5.74) is 0.848. The molecule has 0 bridgehead atoms. The molecule has 2 N–H and O–H groups in total. The zero-order chi connectivity index (χ0) is 20.1. The molecule has 1 atom stereocenters. The molecule has 2 aromatic rings. The van der Waals surface area contributed by atoms with E-state index in [0.29, 0.717) is 22.8 Å². The Morgan fingerprint density at radius 3 is 2.29 bits per heavy atom. The summed E-state index contributed by atoms with van der Waals surface area (Å²) < 4.78 is 27.4.